The Labute approximate surface area is 100.0 Å². The number of hydrogen-bond donors (Lipinski definition) is 1. The molecule has 2 fully saturated rings. The minimum atomic E-state index is -2.89. The lowest BCUT2D eigenvalue weighted by atomic mass is 9.92. The minimum Gasteiger partial charge on any atom is -0.342 e. The van der Waals surface area contributed by atoms with Gasteiger partial charge in [-0.25, -0.2) is 8.78 Å². The lowest BCUT2D eigenvalue weighted by Crippen LogP contribution is -2.52. The predicted molar refractivity (Wildman–Crippen MR) is 59.0 cm³/mol. The van der Waals surface area contributed by atoms with Gasteiger partial charge in [0.2, 0.25) is 5.91 Å². The van der Waals surface area contributed by atoms with Crippen LogP contribution in [0.25, 0.3) is 0 Å². The molecule has 0 radical (unpaired) electrons. The number of rotatable bonds is 2. The van der Waals surface area contributed by atoms with Gasteiger partial charge in [0, 0.05) is 13.1 Å². The van der Waals surface area contributed by atoms with E-state index in [1.807, 2.05) is 0 Å². The number of carbonyl (C=O) groups excluding carboxylic acids is 1. The molecule has 1 amide bonds. The van der Waals surface area contributed by atoms with Gasteiger partial charge >= 0.3 is 0 Å². The van der Waals surface area contributed by atoms with Gasteiger partial charge in [-0.2, -0.15) is 0 Å². The summed E-state index contributed by atoms with van der Waals surface area (Å²) in [7, 11) is 1.64. The van der Waals surface area contributed by atoms with Gasteiger partial charge in [-0.05, 0) is 25.8 Å². The second kappa shape index (κ2) is 4.84. The predicted octanol–water partition coefficient (Wildman–Crippen LogP) is 1.27. The van der Waals surface area contributed by atoms with Crippen molar-refractivity contribution >= 4 is 18.3 Å². The van der Waals surface area contributed by atoms with Gasteiger partial charge in [0.25, 0.3) is 5.92 Å². The molecule has 1 saturated carbocycles. The molecule has 0 aromatic heterocycles. The fourth-order valence-electron chi connectivity index (χ4n) is 2.03. The van der Waals surface area contributed by atoms with Crippen LogP contribution >= 0.6 is 12.4 Å². The molecule has 2 aliphatic rings. The summed E-state index contributed by atoms with van der Waals surface area (Å²) >= 11 is 0. The molecule has 0 spiro atoms. The first kappa shape index (κ1) is 13.6. The number of alkyl halides is 2. The molecule has 6 heteroatoms. The number of amides is 1. The van der Waals surface area contributed by atoms with Crippen LogP contribution in [-0.2, 0) is 4.79 Å². The highest BCUT2D eigenvalue weighted by atomic mass is 35.5. The standard InChI is InChI=1S/C10H16F2N2O.ClH/c1-14(7-2-3-7)9(15)8-4-5-13-6-10(8,11)12;/h7-8,13H,2-6H2,1H3;1H. The summed E-state index contributed by atoms with van der Waals surface area (Å²) in [6.07, 6.45) is 2.15. The number of piperidine rings is 1. The van der Waals surface area contributed by atoms with Crippen LogP contribution in [0.15, 0.2) is 0 Å². The van der Waals surface area contributed by atoms with Crippen molar-refractivity contribution in [1.29, 1.82) is 0 Å². The molecule has 16 heavy (non-hydrogen) atoms. The summed E-state index contributed by atoms with van der Waals surface area (Å²) in [6.45, 7) is 0.131. The first-order chi connectivity index (χ1) is 7.02. The van der Waals surface area contributed by atoms with E-state index in [4.69, 9.17) is 0 Å². The third kappa shape index (κ3) is 2.63. The van der Waals surface area contributed by atoms with E-state index in [1.165, 1.54) is 4.90 Å². The number of hydrogen-bond acceptors (Lipinski definition) is 2. The molecule has 0 bridgehead atoms. The van der Waals surface area contributed by atoms with Crippen LogP contribution in [0.5, 0.6) is 0 Å². The van der Waals surface area contributed by atoms with Crippen LogP contribution in [0.3, 0.4) is 0 Å². The maximum absolute atomic E-state index is 13.5. The Morgan fingerprint density at radius 3 is 2.50 bits per heavy atom. The maximum Gasteiger partial charge on any atom is 0.271 e. The zero-order chi connectivity index (χ0) is 11.1. The normalized spacial score (nSPS) is 28.1. The Balaban J connectivity index is 0.00000128. The van der Waals surface area contributed by atoms with Crippen LogP contribution in [0, 0.1) is 5.92 Å². The highest BCUT2D eigenvalue weighted by Gasteiger charge is 2.48. The van der Waals surface area contributed by atoms with E-state index in [0.29, 0.717) is 6.54 Å². The molecule has 1 atom stereocenters. The quantitative estimate of drug-likeness (QED) is 0.805. The molecular weight excluding hydrogens is 238 g/mol. The van der Waals surface area contributed by atoms with Gasteiger partial charge in [-0.15, -0.1) is 12.4 Å². The fraction of sp³-hybridized carbons (Fsp3) is 0.900. The van der Waals surface area contributed by atoms with E-state index in [-0.39, 0.29) is 37.3 Å². The van der Waals surface area contributed by atoms with E-state index >= 15 is 0 Å². The molecule has 1 N–H and O–H groups in total. The fourth-order valence-corrected chi connectivity index (χ4v) is 2.03. The summed E-state index contributed by atoms with van der Waals surface area (Å²) in [4.78, 5) is 13.3. The zero-order valence-corrected chi connectivity index (χ0v) is 10.0. The lowest BCUT2D eigenvalue weighted by Gasteiger charge is -2.33. The largest absolute Gasteiger partial charge is 0.342 e. The molecule has 1 aliphatic heterocycles. The van der Waals surface area contributed by atoms with Crippen LogP contribution in [0.4, 0.5) is 8.78 Å². The van der Waals surface area contributed by atoms with Gasteiger partial charge in [0.1, 0.15) is 5.92 Å². The Kier molecular flexibility index (Phi) is 4.12. The average Bonchev–Trinajstić information content (AvgIpc) is 2.98. The molecule has 2 rings (SSSR count). The summed E-state index contributed by atoms with van der Waals surface area (Å²) in [5, 5.41) is 2.62. The Morgan fingerprint density at radius 2 is 2.00 bits per heavy atom. The topological polar surface area (TPSA) is 32.3 Å². The molecule has 3 nitrogen and oxygen atoms in total. The highest BCUT2D eigenvalue weighted by molar-refractivity contribution is 5.85. The van der Waals surface area contributed by atoms with E-state index in [0.717, 1.165) is 12.8 Å². The summed E-state index contributed by atoms with van der Waals surface area (Å²) < 4.78 is 26.9. The second-order valence-corrected chi connectivity index (χ2v) is 4.46. The smallest absolute Gasteiger partial charge is 0.271 e. The van der Waals surface area contributed by atoms with Crippen molar-refractivity contribution in [3.63, 3.8) is 0 Å². The van der Waals surface area contributed by atoms with Gasteiger partial charge in [-0.3, -0.25) is 4.79 Å². The van der Waals surface area contributed by atoms with Gasteiger partial charge < -0.3 is 10.2 Å². The van der Waals surface area contributed by atoms with Crippen molar-refractivity contribution in [3.05, 3.63) is 0 Å². The Bertz CT molecular complexity index is 272. The van der Waals surface area contributed by atoms with Crippen molar-refractivity contribution in [3.8, 4) is 0 Å². The molecule has 0 aromatic rings. The SMILES string of the molecule is CN(C(=O)C1CCNCC1(F)F)C1CC1.Cl. The molecule has 1 aliphatic carbocycles. The second-order valence-electron chi connectivity index (χ2n) is 4.46. The monoisotopic (exact) mass is 254 g/mol. The lowest BCUT2D eigenvalue weighted by molar-refractivity contribution is -0.152. The van der Waals surface area contributed by atoms with E-state index in [1.54, 1.807) is 7.05 Å². The molecule has 94 valence electrons. The zero-order valence-electron chi connectivity index (χ0n) is 9.21. The van der Waals surface area contributed by atoms with E-state index < -0.39 is 11.8 Å². The Hall–Kier alpha value is -0.420. The van der Waals surface area contributed by atoms with E-state index in [2.05, 4.69) is 5.32 Å². The van der Waals surface area contributed by atoms with Crippen LogP contribution in [-0.4, -0.2) is 42.9 Å². The maximum atomic E-state index is 13.5. The van der Waals surface area contributed by atoms with Crippen LogP contribution in [0.1, 0.15) is 19.3 Å². The van der Waals surface area contributed by atoms with Crippen molar-refractivity contribution in [1.82, 2.24) is 10.2 Å². The van der Waals surface area contributed by atoms with Gasteiger partial charge in [-0.1, -0.05) is 0 Å². The van der Waals surface area contributed by atoms with Crippen LogP contribution in [0.2, 0.25) is 0 Å². The van der Waals surface area contributed by atoms with Crippen molar-refractivity contribution in [2.45, 2.75) is 31.2 Å². The van der Waals surface area contributed by atoms with Crippen molar-refractivity contribution < 1.29 is 13.6 Å². The molecule has 1 unspecified atom stereocenters. The Morgan fingerprint density at radius 1 is 1.38 bits per heavy atom. The third-order valence-electron chi connectivity index (χ3n) is 3.22. The first-order valence-corrected chi connectivity index (χ1v) is 5.37. The van der Waals surface area contributed by atoms with Crippen molar-refractivity contribution in [2.75, 3.05) is 20.1 Å². The van der Waals surface area contributed by atoms with Crippen molar-refractivity contribution in [2.24, 2.45) is 5.92 Å². The first-order valence-electron chi connectivity index (χ1n) is 5.37. The minimum absolute atomic E-state index is 0. The molecular formula is C10H17ClF2N2O. The summed E-state index contributed by atoms with van der Waals surface area (Å²) in [5.74, 6) is -4.40. The summed E-state index contributed by atoms with van der Waals surface area (Å²) in [6, 6.07) is 0.211. The number of carbonyl (C=O) groups is 1. The third-order valence-corrected chi connectivity index (χ3v) is 3.22. The number of nitrogens with zero attached hydrogens (tertiary/aromatic N) is 1. The highest BCUT2D eigenvalue weighted by Crippen LogP contribution is 2.34. The average molecular weight is 255 g/mol. The number of halogens is 3. The van der Waals surface area contributed by atoms with Crippen LogP contribution < -0.4 is 5.32 Å². The summed E-state index contributed by atoms with van der Waals surface area (Å²) in [5.41, 5.74) is 0. The molecule has 0 aromatic carbocycles. The van der Waals surface area contributed by atoms with Gasteiger partial charge in [0.05, 0.1) is 6.54 Å². The van der Waals surface area contributed by atoms with E-state index in [9.17, 15) is 13.6 Å². The molecule has 1 saturated heterocycles. The van der Waals surface area contributed by atoms with Gasteiger partial charge in [0.15, 0.2) is 0 Å². The molecule has 1 heterocycles. The number of nitrogens with one attached hydrogen (secondary N) is 1.